The van der Waals surface area contributed by atoms with Crippen LogP contribution in [0.25, 0.3) is 10.8 Å². The Morgan fingerprint density at radius 2 is 2.04 bits per heavy atom. The number of aryl methyl sites for hydroxylation is 2. The van der Waals surface area contributed by atoms with E-state index in [9.17, 15) is 0 Å². The summed E-state index contributed by atoms with van der Waals surface area (Å²) in [6.07, 6.45) is 0.924. The van der Waals surface area contributed by atoms with Crippen molar-refractivity contribution in [3.63, 3.8) is 0 Å². The van der Waals surface area contributed by atoms with E-state index >= 15 is 0 Å². The molecule has 3 aromatic heterocycles. The lowest BCUT2D eigenvalue weighted by atomic mass is 10.2. The van der Waals surface area contributed by atoms with Crippen molar-refractivity contribution in [1.29, 1.82) is 0 Å². The molecule has 6 nitrogen and oxygen atoms in total. The first-order valence-electron chi connectivity index (χ1n) is 9.18. The highest BCUT2D eigenvalue weighted by Crippen LogP contribution is 2.30. The van der Waals surface area contributed by atoms with Crippen molar-refractivity contribution in [1.82, 2.24) is 24.6 Å². The number of rotatable bonds is 4. The highest BCUT2D eigenvalue weighted by atomic mass is 32.1. The predicted molar refractivity (Wildman–Crippen MR) is 102 cm³/mol. The van der Waals surface area contributed by atoms with Crippen molar-refractivity contribution in [3.8, 4) is 10.8 Å². The summed E-state index contributed by atoms with van der Waals surface area (Å²) in [4.78, 5) is 8.35. The van der Waals surface area contributed by atoms with Gasteiger partial charge in [-0.25, -0.2) is 4.98 Å². The minimum atomic E-state index is 0.400. The Balaban J connectivity index is 1.49. The Hall–Kier alpha value is -1.99. The summed E-state index contributed by atoms with van der Waals surface area (Å²) >= 11 is 1.68. The third-order valence-electron chi connectivity index (χ3n) is 4.99. The Labute approximate surface area is 157 Å². The summed E-state index contributed by atoms with van der Waals surface area (Å²) in [7, 11) is 0. The highest BCUT2D eigenvalue weighted by molar-refractivity contribution is 7.13. The van der Waals surface area contributed by atoms with Gasteiger partial charge in [-0.05, 0) is 30.9 Å². The molecule has 0 atom stereocenters. The average molecular weight is 372 g/mol. The molecule has 0 saturated heterocycles. The molecule has 0 fully saturated rings. The van der Waals surface area contributed by atoms with Crippen molar-refractivity contribution in [2.75, 3.05) is 13.1 Å². The summed E-state index contributed by atoms with van der Waals surface area (Å²) in [6, 6.07) is 2.11. The first kappa shape index (κ1) is 17.4. The monoisotopic (exact) mass is 371 g/mol. The minimum absolute atomic E-state index is 0.400. The van der Waals surface area contributed by atoms with Crippen LogP contribution in [0.1, 0.15) is 48.4 Å². The lowest BCUT2D eigenvalue weighted by Gasteiger charge is -2.18. The molecule has 0 saturated carbocycles. The van der Waals surface area contributed by atoms with E-state index in [-0.39, 0.29) is 0 Å². The van der Waals surface area contributed by atoms with E-state index in [1.165, 1.54) is 5.56 Å². The number of aromatic nitrogens is 4. The largest absolute Gasteiger partial charge is 0.440 e. The van der Waals surface area contributed by atoms with E-state index in [0.29, 0.717) is 5.92 Å². The van der Waals surface area contributed by atoms with Gasteiger partial charge in [0.1, 0.15) is 17.4 Å². The highest BCUT2D eigenvalue weighted by Gasteiger charge is 2.22. The smallest absolute Gasteiger partial charge is 0.237 e. The minimum Gasteiger partial charge on any atom is -0.440 e. The van der Waals surface area contributed by atoms with Crippen LogP contribution in [0.3, 0.4) is 0 Å². The lowest BCUT2D eigenvalue weighted by Crippen LogP contribution is -2.27. The molecule has 0 bridgehead atoms. The second kappa shape index (κ2) is 6.96. The van der Waals surface area contributed by atoms with E-state index in [1.54, 1.807) is 11.3 Å². The topological polar surface area (TPSA) is 60.0 Å². The SMILES string of the molecule is Cc1ccsc1-c1nc(CN2CCc3nnc(C(C)C)n3CC2)c(C)o1. The van der Waals surface area contributed by atoms with Gasteiger partial charge < -0.3 is 8.98 Å². The van der Waals surface area contributed by atoms with E-state index < -0.39 is 0 Å². The van der Waals surface area contributed by atoms with E-state index in [1.807, 2.05) is 6.92 Å². The number of fused-ring (bicyclic) bond motifs is 1. The van der Waals surface area contributed by atoms with Gasteiger partial charge in [0.25, 0.3) is 0 Å². The molecule has 0 unspecified atom stereocenters. The van der Waals surface area contributed by atoms with Gasteiger partial charge in [-0.3, -0.25) is 4.90 Å². The standard InChI is InChI=1S/C19H25N5OS/c1-12(2)18-22-21-16-5-7-23(8-9-24(16)18)11-15-14(4)25-19(20-15)17-13(3)6-10-26-17/h6,10,12H,5,7-9,11H2,1-4H3. The maximum Gasteiger partial charge on any atom is 0.237 e. The van der Waals surface area contributed by atoms with Gasteiger partial charge in [0.2, 0.25) is 5.89 Å². The second-order valence-electron chi connectivity index (χ2n) is 7.26. The first-order chi connectivity index (χ1) is 12.5. The molecular formula is C19H25N5OS. The number of oxazole rings is 1. The Morgan fingerprint density at radius 3 is 2.77 bits per heavy atom. The normalized spacial score (nSPS) is 15.4. The maximum absolute atomic E-state index is 5.96. The quantitative estimate of drug-likeness (QED) is 0.698. The molecule has 26 heavy (non-hydrogen) atoms. The van der Waals surface area contributed by atoms with Crippen LogP contribution in [0, 0.1) is 13.8 Å². The molecule has 4 heterocycles. The van der Waals surface area contributed by atoms with E-state index in [4.69, 9.17) is 9.40 Å². The van der Waals surface area contributed by atoms with Crippen molar-refractivity contribution < 1.29 is 4.42 Å². The molecule has 0 amide bonds. The van der Waals surface area contributed by atoms with Gasteiger partial charge in [0.05, 0.1) is 10.6 Å². The number of hydrogen-bond acceptors (Lipinski definition) is 6. The van der Waals surface area contributed by atoms with Gasteiger partial charge in [-0.15, -0.1) is 21.5 Å². The molecule has 3 aromatic rings. The first-order valence-corrected chi connectivity index (χ1v) is 10.1. The summed E-state index contributed by atoms with van der Waals surface area (Å²) in [6.45, 7) is 12.2. The molecule has 0 N–H and O–H groups in total. The fourth-order valence-corrected chi connectivity index (χ4v) is 4.30. The molecular weight excluding hydrogens is 346 g/mol. The van der Waals surface area contributed by atoms with E-state index in [0.717, 1.165) is 66.5 Å². The van der Waals surface area contributed by atoms with Crippen LogP contribution >= 0.6 is 11.3 Å². The number of nitrogens with zero attached hydrogens (tertiary/aromatic N) is 5. The third kappa shape index (κ3) is 3.21. The molecule has 1 aliphatic rings. The molecule has 0 aromatic carbocycles. The Bertz CT molecular complexity index is 907. The molecule has 0 spiro atoms. The zero-order valence-corrected chi connectivity index (χ0v) is 16.6. The summed E-state index contributed by atoms with van der Waals surface area (Å²) in [5, 5.41) is 10.9. The summed E-state index contributed by atoms with van der Waals surface area (Å²) in [5.41, 5.74) is 2.26. The Morgan fingerprint density at radius 1 is 1.19 bits per heavy atom. The molecule has 4 rings (SSSR count). The molecule has 0 aliphatic carbocycles. The predicted octanol–water partition coefficient (Wildman–Crippen LogP) is 3.79. The van der Waals surface area contributed by atoms with Gasteiger partial charge in [-0.2, -0.15) is 0 Å². The van der Waals surface area contributed by atoms with Crippen LogP contribution in [-0.4, -0.2) is 37.7 Å². The van der Waals surface area contributed by atoms with Crippen LogP contribution < -0.4 is 0 Å². The number of thiophene rings is 1. The van der Waals surface area contributed by atoms with Gasteiger partial charge >= 0.3 is 0 Å². The van der Waals surface area contributed by atoms with Gasteiger partial charge in [0, 0.05) is 38.5 Å². The zero-order valence-electron chi connectivity index (χ0n) is 15.8. The van der Waals surface area contributed by atoms with Crippen LogP contribution in [-0.2, 0) is 19.5 Å². The third-order valence-corrected chi connectivity index (χ3v) is 5.99. The van der Waals surface area contributed by atoms with Crippen LogP contribution in [0.15, 0.2) is 15.9 Å². The number of hydrogen-bond donors (Lipinski definition) is 0. The fraction of sp³-hybridized carbons (Fsp3) is 0.526. The molecule has 0 radical (unpaired) electrons. The van der Waals surface area contributed by atoms with Crippen LogP contribution in [0.2, 0.25) is 0 Å². The van der Waals surface area contributed by atoms with Gasteiger partial charge in [-0.1, -0.05) is 13.8 Å². The van der Waals surface area contributed by atoms with Crippen molar-refractivity contribution in [2.45, 2.75) is 53.1 Å². The second-order valence-corrected chi connectivity index (χ2v) is 8.18. The van der Waals surface area contributed by atoms with E-state index in [2.05, 4.69) is 51.9 Å². The molecule has 1 aliphatic heterocycles. The lowest BCUT2D eigenvalue weighted by molar-refractivity contribution is 0.266. The average Bonchev–Trinajstić information content (AvgIpc) is 3.26. The zero-order chi connectivity index (χ0) is 18.3. The maximum atomic E-state index is 5.96. The fourth-order valence-electron chi connectivity index (χ4n) is 3.45. The van der Waals surface area contributed by atoms with Crippen molar-refractivity contribution >= 4 is 11.3 Å². The summed E-state index contributed by atoms with van der Waals surface area (Å²) < 4.78 is 8.25. The molecule has 138 valence electrons. The molecule has 7 heteroatoms. The summed E-state index contributed by atoms with van der Waals surface area (Å²) in [5.74, 6) is 4.26. The van der Waals surface area contributed by atoms with Crippen molar-refractivity contribution in [3.05, 3.63) is 40.1 Å². The van der Waals surface area contributed by atoms with Gasteiger partial charge in [0.15, 0.2) is 0 Å². The van der Waals surface area contributed by atoms with Crippen molar-refractivity contribution in [2.24, 2.45) is 0 Å². The Kier molecular flexibility index (Phi) is 4.67. The van der Waals surface area contributed by atoms with Crippen LogP contribution in [0.5, 0.6) is 0 Å². The van der Waals surface area contributed by atoms with Crippen LogP contribution in [0.4, 0.5) is 0 Å².